The van der Waals surface area contributed by atoms with Crippen molar-refractivity contribution in [3.8, 4) is 5.69 Å². The van der Waals surface area contributed by atoms with Crippen LogP contribution in [0, 0.1) is 12.7 Å². The molecule has 0 bridgehead atoms. The predicted octanol–water partition coefficient (Wildman–Crippen LogP) is 1.68. The fourth-order valence-corrected chi connectivity index (χ4v) is 1.27. The van der Waals surface area contributed by atoms with Gasteiger partial charge in [0, 0.05) is 11.9 Å². The number of rotatable bonds is 1. The van der Waals surface area contributed by atoms with E-state index in [1.54, 1.807) is 12.1 Å². The predicted molar refractivity (Wildman–Crippen MR) is 54.5 cm³/mol. The highest BCUT2D eigenvalue weighted by Crippen LogP contribution is 2.04. The van der Waals surface area contributed by atoms with Crippen LogP contribution in [0.2, 0.25) is 0 Å². The summed E-state index contributed by atoms with van der Waals surface area (Å²) in [7, 11) is 0. The Morgan fingerprint density at radius 3 is 2.80 bits per heavy atom. The first kappa shape index (κ1) is 9.58. The van der Waals surface area contributed by atoms with Crippen molar-refractivity contribution >= 4 is 0 Å². The van der Waals surface area contributed by atoms with E-state index < -0.39 is 11.4 Å². The lowest BCUT2D eigenvalue weighted by Crippen LogP contribution is -2.20. The molecule has 0 unspecified atom stereocenters. The van der Waals surface area contributed by atoms with Gasteiger partial charge >= 0.3 is 0 Å². The van der Waals surface area contributed by atoms with Crippen LogP contribution in [0.3, 0.4) is 0 Å². The van der Waals surface area contributed by atoms with Crippen molar-refractivity contribution in [2.45, 2.75) is 6.92 Å². The SMILES string of the molecule is Cc1ccc(-n2cccc(F)c2=O)cn1. The summed E-state index contributed by atoms with van der Waals surface area (Å²) < 4.78 is 14.2. The Morgan fingerprint density at radius 2 is 2.13 bits per heavy atom. The van der Waals surface area contributed by atoms with E-state index in [1.165, 1.54) is 23.0 Å². The molecule has 0 aliphatic carbocycles. The maximum absolute atomic E-state index is 13.0. The lowest BCUT2D eigenvalue weighted by Gasteiger charge is -2.04. The normalized spacial score (nSPS) is 10.3. The van der Waals surface area contributed by atoms with E-state index >= 15 is 0 Å². The van der Waals surface area contributed by atoms with Gasteiger partial charge in [-0.15, -0.1) is 0 Å². The van der Waals surface area contributed by atoms with Crippen LogP contribution in [0.1, 0.15) is 5.69 Å². The summed E-state index contributed by atoms with van der Waals surface area (Å²) in [4.78, 5) is 15.5. The van der Waals surface area contributed by atoms with Gasteiger partial charge in [0.1, 0.15) is 0 Å². The van der Waals surface area contributed by atoms with Gasteiger partial charge in [0.2, 0.25) is 0 Å². The highest BCUT2D eigenvalue weighted by atomic mass is 19.1. The smallest absolute Gasteiger partial charge is 0.280 e. The molecule has 76 valence electrons. The van der Waals surface area contributed by atoms with Crippen LogP contribution in [-0.4, -0.2) is 9.55 Å². The summed E-state index contributed by atoms with van der Waals surface area (Å²) in [6.07, 6.45) is 3.05. The molecule has 4 heteroatoms. The molecular weight excluding hydrogens is 195 g/mol. The Labute approximate surface area is 85.8 Å². The van der Waals surface area contributed by atoms with Gasteiger partial charge in [-0.05, 0) is 31.2 Å². The zero-order valence-corrected chi connectivity index (χ0v) is 8.14. The zero-order chi connectivity index (χ0) is 10.8. The van der Waals surface area contributed by atoms with E-state index in [4.69, 9.17) is 0 Å². The second-order valence-electron chi connectivity index (χ2n) is 3.19. The maximum atomic E-state index is 13.0. The van der Waals surface area contributed by atoms with Crippen LogP contribution >= 0.6 is 0 Å². The second-order valence-corrected chi connectivity index (χ2v) is 3.19. The van der Waals surface area contributed by atoms with Gasteiger partial charge in [0.05, 0.1) is 11.9 Å². The van der Waals surface area contributed by atoms with Gasteiger partial charge in [0.15, 0.2) is 5.82 Å². The molecular formula is C11H9FN2O. The van der Waals surface area contributed by atoms with E-state index in [9.17, 15) is 9.18 Å². The highest BCUT2D eigenvalue weighted by Gasteiger charge is 2.03. The summed E-state index contributed by atoms with van der Waals surface area (Å²) in [5.74, 6) is -0.766. The molecule has 0 saturated heterocycles. The Hall–Kier alpha value is -1.97. The molecule has 0 aromatic carbocycles. The summed E-state index contributed by atoms with van der Waals surface area (Å²) >= 11 is 0. The van der Waals surface area contributed by atoms with E-state index in [0.717, 1.165) is 11.8 Å². The van der Waals surface area contributed by atoms with Crippen molar-refractivity contribution in [3.05, 3.63) is 58.5 Å². The van der Waals surface area contributed by atoms with Crippen LogP contribution in [0.4, 0.5) is 4.39 Å². The maximum Gasteiger partial charge on any atom is 0.291 e. The largest absolute Gasteiger partial charge is 0.291 e. The topological polar surface area (TPSA) is 34.9 Å². The van der Waals surface area contributed by atoms with Crippen molar-refractivity contribution in [1.29, 1.82) is 0 Å². The molecule has 0 aliphatic heterocycles. The zero-order valence-electron chi connectivity index (χ0n) is 8.14. The van der Waals surface area contributed by atoms with Crippen molar-refractivity contribution in [1.82, 2.24) is 9.55 Å². The Morgan fingerprint density at radius 1 is 1.33 bits per heavy atom. The Balaban J connectivity index is 2.59. The standard InChI is InChI=1S/C11H9FN2O/c1-8-4-5-9(7-13-8)14-6-2-3-10(12)11(14)15/h2-7H,1H3. The summed E-state index contributed by atoms with van der Waals surface area (Å²) in [6.45, 7) is 1.85. The van der Waals surface area contributed by atoms with Gasteiger partial charge in [-0.3, -0.25) is 14.3 Å². The molecule has 0 radical (unpaired) electrons. The fraction of sp³-hybridized carbons (Fsp3) is 0.0909. The van der Waals surface area contributed by atoms with E-state index in [2.05, 4.69) is 4.98 Å². The molecule has 3 nitrogen and oxygen atoms in total. The van der Waals surface area contributed by atoms with Crippen LogP contribution in [-0.2, 0) is 0 Å². The van der Waals surface area contributed by atoms with Gasteiger partial charge in [-0.25, -0.2) is 4.39 Å². The molecule has 0 amide bonds. The van der Waals surface area contributed by atoms with Gasteiger partial charge in [-0.2, -0.15) is 0 Å². The first-order valence-electron chi connectivity index (χ1n) is 4.49. The number of hydrogen-bond acceptors (Lipinski definition) is 2. The van der Waals surface area contributed by atoms with Crippen LogP contribution in [0.5, 0.6) is 0 Å². The molecule has 2 aromatic heterocycles. The first-order chi connectivity index (χ1) is 7.18. The average Bonchev–Trinajstić information content (AvgIpc) is 2.24. The Bertz CT molecular complexity index is 531. The third-order valence-electron chi connectivity index (χ3n) is 2.07. The molecule has 2 aromatic rings. The summed E-state index contributed by atoms with van der Waals surface area (Å²) in [5, 5.41) is 0. The van der Waals surface area contributed by atoms with Crippen LogP contribution in [0.15, 0.2) is 41.5 Å². The lowest BCUT2D eigenvalue weighted by atomic mass is 10.3. The lowest BCUT2D eigenvalue weighted by molar-refractivity contribution is 0.599. The number of aryl methyl sites for hydroxylation is 1. The van der Waals surface area contributed by atoms with Crippen molar-refractivity contribution in [2.24, 2.45) is 0 Å². The van der Waals surface area contributed by atoms with E-state index in [0.29, 0.717) is 5.69 Å². The molecule has 0 atom stereocenters. The van der Waals surface area contributed by atoms with Crippen LogP contribution < -0.4 is 5.56 Å². The number of nitrogens with zero attached hydrogens (tertiary/aromatic N) is 2. The molecule has 0 aliphatic rings. The minimum atomic E-state index is -0.766. The molecule has 0 spiro atoms. The second kappa shape index (κ2) is 3.65. The Kier molecular flexibility index (Phi) is 2.33. The monoisotopic (exact) mass is 204 g/mol. The molecule has 15 heavy (non-hydrogen) atoms. The molecule has 0 saturated carbocycles. The van der Waals surface area contributed by atoms with Gasteiger partial charge in [0.25, 0.3) is 5.56 Å². The fourth-order valence-electron chi connectivity index (χ4n) is 1.27. The minimum absolute atomic E-state index is 0.560. The summed E-state index contributed by atoms with van der Waals surface area (Å²) in [5.41, 5.74) is 0.747. The highest BCUT2D eigenvalue weighted by molar-refractivity contribution is 5.29. The molecule has 2 heterocycles. The van der Waals surface area contributed by atoms with E-state index in [1.807, 2.05) is 6.92 Å². The van der Waals surface area contributed by atoms with Gasteiger partial charge < -0.3 is 0 Å². The average molecular weight is 204 g/mol. The van der Waals surface area contributed by atoms with Crippen LogP contribution in [0.25, 0.3) is 5.69 Å². The number of hydrogen-bond donors (Lipinski definition) is 0. The molecule has 2 rings (SSSR count). The minimum Gasteiger partial charge on any atom is -0.280 e. The molecule has 0 fully saturated rings. The first-order valence-corrected chi connectivity index (χ1v) is 4.49. The number of halogens is 1. The van der Waals surface area contributed by atoms with Crippen molar-refractivity contribution in [3.63, 3.8) is 0 Å². The van der Waals surface area contributed by atoms with Crippen molar-refractivity contribution < 1.29 is 4.39 Å². The number of aromatic nitrogens is 2. The molecule has 0 N–H and O–H groups in total. The quantitative estimate of drug-likeness (QED) is 0.708. The number of pyridine rings is 2. The van der Waals surface area contributed by atoms with Crippen molar-refractivity contribution in [2.75, 3.05) is 0 Å². The third-order valence-corrected chi connectivity index (χ3v) is 2.07. The summed E-state index contributed by atoms with van der Waals surface area (Å²) in [6, 6.07) is 6.12. The van der Waals surface area contributed by atoms with Gasteiger partial charge in [-0.1, -0.05) is 0 Å². The third kappa shape index (κ3) is 1.79. The van der Waals surface area contributed by atoms with E-state index in [-0.39, 0.29) is 0 Å².